The molecule has 0 radical (unpaired) electrons. The van der Waals surface area contributed by atoms with Crippen LogP contribution in [0.5, 0.6) is 11.5 Å². The number of hydrogen-bond donors (Lipinski definition) is 3. The van der Waals surface area contributed by atoms with Crippen molar-refractivity contribution < 1.29 is 19.0 Å². The van der Waals surface area contributed by atoms with Gasteiger partial charge >= 0.3 is 0 Å². The van der Waals surface area contributed by atoms with E-state index in [0.717, 1.165) is 25.1 Å². The molecule has 0 atom stereocenters. The maximum absolute atomic E-state index is 13.2. The zero-order chi connectivity index (χ0) is 20.4. The van der Waals surface area contributed by atoms with Crippen molar-refractivity contribution in [2.24, 2.45) is 0 Å². The number of aliphatic hydroxyl groups excluding tert-OH is 1. The van der Waals surface area contributed by atoms with Crippen molar-refractivity contribution in [2.75, 3.05) is 33.4 Å². The van der Waals surface area contributed by atoms with Crippen LogP contribution in [0.1, 0.15) is 17.5 Å². The smallest absolute Gasteiger partial charge is 0.180 e. The maximum atomic E-state index is 13.2. The van der Waals surface area contributed by atoms with Crippen molar-refractivity contribution in [3.63, 3.8) is 0 Å². The fraction of sp³-hybridized carbons (Fsp3) is 0.400. The van der Waals surface area contributed by atoms with Crippen molar-refractivity contribution in [1.82, 2.24) is 10.6 Å². The van der Waals surface area contributed by atoms with Gasteiger partial charge in [0.15, 0.2) is 11.5 Å². The van der Waals surface area contributed by atoms with Crippen molar-refractivity contribution in [3.8, 4) is 11.5 Å². The molecule has 3 N–H and O–H groups in total. The third-order valence-electron chi connectivity index (χ3n) is 4.00. The summed E-state index contributed by atoms with van der Waals surface area (Å²) in [6.07, 6.45) is 0.949. The van der Waals surface area contributed by atoms with Gasteiger partial charge in [-0.25, -0.2) is 4.39 Å². The lowest BCUT2D eigenvalue weighted by atomic mass is 10.2. The molecule has 2 rings (SSSR count). The third kappa shape index (κ3) is 7.11. The molecule has 0 aliphatic heterocycles. The van der Waals surface area contributed by atoms with E-state index in [1.54, 1.807) is 13.2 Å². The lowest BCUT2D eigenvalue weighted by molar-refractivity contribution is 0.284. The minimum absolute atomic E-state index is 0.146. The van der Waals surface area contributed by atoms with Crippen LogP contribution in [-0.4, -0.2) is 38.5 Å². The zero-order valence-electron chi connectivity index (χ0n) is 15.7. The summed E-state index contributed by atoms with van der Waals surface area (Å²) in [5, 5.41) is 15.9. The van der Waals surface area contributed by atoms with Gasteiger partial charge in [0, 0.05) is 18.7 Å². The number of benzene rings is 2. The fourth-order valence-electron chi connectivity index (χ4n) is 2.58. The first-order chi connectivity index (χ1) is 13.5. The third-order valence-corrected chi connectivity index (χ3v) is 4.63. The Morgan fingerprint density at radius 3 is 2.54 bits per heavy atom. The number of hydrogen-bond acceptors (Lipinski definition) is 5. The normalized spacial score (nSPS) is 10.9. The molecule has 0 saturated heterocycles. The molecule has 2 aromatic rings. The second kappa shape index (κ2) is 12.1. The predicted octanol–water partition coefficient (Wildman–Crippen LogP) is 3.78. The molecule has 28 heavy (non-hydrogen) atoms. The highest BCUT2D eigenvalue weighted by atomic mass is 35.5. The molecule has 0 aliphatic rings. The van der Waals surface area contributed by atoms with Crippen LogP contribution in [0.4, 0.5) is 4.39 Å². The molecule has 2 aromatic carbocycles. The van der Waals surface area contributed by atoms with E-state index >= 15 is 0 Å². The quantitative estimate of drug-likeness (QED) is 0.447. The van der Waals surface area contributed by atoms with Gasteiger partial charge in [0.1, 0.15) is 12.4 Å². The second-order valence-corrected chi connectivity index (χ2v) is 6.95. The number of ether oxygens (including phenoxy) is 2. The SMILES string of the molecule is COc1cc(CNCCCNCCO)cc(Cl)c1OCc1ccc(F)cc1Cl. The molecule has 0 heterocycles. The van der Waals surface area contributed by atoms with Gasteiger partial charge in [-0.05, 0) is 49.3 Å². The van der Waals surface area contributed by atoms with E-state index in [-0.39, 0.29) is 13.2 Å². The van der Waals surface area contributed by atoms with Gasteiger partial charge in [0.05, 0.1) is 23.8 Å². The van der Waals surface area contributed by atoms with E-state index in [9.17, 15) is 4.39 Å². The lowest BCUT2D eigenvalue weighted by Crippen LogP contribution is -2.23. The Hall–Kier alpha value is -1.57. The molecule has 5 nitrogen and oxygen atoms in total. The number of methoxy groups -OCH3 is 1. The molecule has 154 valence electrons. The minimum atomic E-state index is -0.398. The second-order valence-electron chi connectivity index (χ2n) is 6.14. The lowest BCUT2D eigenvalue weighted by Gasteiger charge is -2.15. The highest BCUT2D eigenvalue weighted by Gasteiger charge is 2.13. The van der Waals surface area contributed by atoms with Crippen LogP contribution in [0.25, 0.3) is 0 Å². The molecule has 8 heteroatoms. The Morgan fingerprint density at radius 2 is 1.82 bits per heavy atom. The first kappa shape index (κ1) is 22.7. The zero-order valence-corrected chi connectivity index (χ0v) is 17.2. The molecule has 0 spiro atoms. The molecule has 0 amide bonds. The monoisotopic (exact) mass is 430 g/mol. The van der Waals surface area contributed by atoms with Crippen LogP contribution >= 0.6 is 23.2 Å². The highest BCUT2D eigenvalue weighted by molar-refractivity contribution is 6.32. The summed E-state index contributed by atoms with van der Waals surface area (Å²) < 4.78 is 24.4. The van der Waals surface area contributed by atoms with Crippen LogP contribution in [0.2, 0.25) is 10.0 Å². The standard InChI is InChI=1S/C20H25Cl2FN2O3/c1-27-19-10-14(12-25-6-2-5-24-7-8-26)9-18(22)20(19)28-13-15-3-4-16(23)11-17(15)21/h3-4,9-11,24-26H,2,5-8,12-13H2,1H3. The molecular formula is C20H25Cl2FN2O3. The van der Waals surface area contributed by atoms with Gasteiger partial charge < -0.3 is 25.2 Å². The van der Waals surface area contributed by atoms with Crippen LogP contribution in [0.15, 0.2) is 30.3 Å². The fourth-order valence-corrected chi connectivity index (χ4v) is 3.09. The summed E-state index contributed by atoms with van der Waals surface area (Å²) >= 11 is 12.4. The highest BCUT2D eigenvalue weighted by Crippen LogP contribution is 2.37. The van der Waals surface area contributed by atoms with Crippen LogP contribution in [0, 0.1) is 5.82 Å². The Kier molecular flexibility index (Phi) is 9.81. The van der Waals surface area contributed by atoms with Gasteiger partial charge in [-0.2, -0.15) is 0 Å². The summed E-state index contributed by atoms with van der Waals surface area (Å²) in [5.41, 5.74) is 1.62. The van der Waals surface area contributed by atoms with E-state index in [0.29, 0.717) is 40.2 Å². The molecule has 0 fully saturated rings. The molecule has 0 unspecified atom stereocenters. The van der Waals surface area contributed by atoms with Crippen LogP contribution in [-0.2, 0) is 13.2 Å². The maximum Gasteiger partial charge on any atom is 0.180 e. The van der Waals surface area contributed by atoms with Crippen molar-refractivity contribution >= 4 is 23.2 Å². The number of rotatable bonds is 12. The van der Waals surface area contributed by atoms with E-state index in [1.807, 2.05) is 12.1 Å². The topological polar surface area (TPSA) is 62.8 Å². The summed E-state index contributed by atoms with van der Waals surface area (Å²) in [5.74, 6) is 0.541. The van der Waals surface area contributed by atoms with Crippen molar-refractivity contribution in [3.05, 3.63) is 57.3 Å². The van der Waals surface area contributed by atoms with Crippen molar-refractivity contribution in [2.45, 2.75) is 19.6 Å². The summed E-state index contributed by atoms with van der Waals surface area (Å²) in [6, 6.07) is 7.84. The predicted molar refractivity (Wildman–Crippen MR) is 110 cm³/mol. The average Bonchev–Trinajstić information content (AvgIpc) is 2.67. The Bertz CT molecular complexity index is 762. The molecule has 0 aromatic heterocycles. The Labute approximate surface area is 174 Å². The summed E-state index contributed by atoms with van der Waals surface area (Å²) in [4.78, 5) is 0. The van der Waals surface area contributed by atoms with Gasteiger partial charge in [-0.1, -0.05) is 29.3 Å². The van der Waals surface area contributed by atoms with Gasteiger partial charge in [-0.15, -0.1) is 0 Å². The Balaban J connectivity index is 1.93. The van der Waals surface area contributed by atoms with Gasteiger partial charge in [0.2, 0.25) is 0 Å². The Morgan fingerprint density at radius 1 is 1.04 bits per heavy atom. The first-order valence-electron chi connectivity index (χ1n) is 9.00. The number of nitrogens with one attached hydrogen (secondary N) is 2. The van der Waals surface area contributed by atoms with E-state index in [2.05, 4.69) is 10.6 Å². The molecule has 0 aliphatic carbocycles. The number of halogens is 3. The van der Waals surface area contributed by atoms with Gasteiger partial charge in [0.25, 0.3) is 0 Å². The van der Waals surface area contributed by atoms with Crippen LogP contribution in [0.3, 0.4) is 0 Å². The van der Waals surface area contributed by atoms with E-state index < -0.39 is 5.82 Å². The molecular weight excluding hydrogens is 406 g/mol. The summed E-state index contributed by atoms with van der Waals surface area (Å²) in [6.45, 7) is 3.22. The number of aliphatic hydroxyl groups is 1. The first-order valence-corrected chi connectivity index (χ1v) is 9.76. The van der Waals surface area contributed by atoms with E-state index in [4.69, 9.17) is 37.8 Å². The minimum Gasteiger partial charge on any atom is -0.493 e. The van der Waals surface area contributed by atoms with Gasteiger partial charge in [-0.3, -0.25) is 0 Å². The largest absolute Gasteiger partial charge is 0.493 e. The molecule has 0 bridgehead atoms. The average molecular weight is 431 g/mol. The van der Waals surface area contributed by atoms with E-state index in [1.165, 1.54) is 12.1 Å². The molecule has 0 saturated carbocycles. The van der Waals surface area contributed by atoms with Crippen molar-refractivity contribution in [1.29, 1.82) is 0 Å². The summed E-state index contributed by atoms with van der Waals surface area (Å²) in [7, 11) is 1.55. The van der Waals surface area contributed by atoms with Crippen LogP contribution < -0.4 is 20.1 Å².